The van der Waals surface area contributed by atoms with E-state index < -0.39 is 5.91 Å². The Morgan fingerprint density at radius 1 is 1.05 bits per heavy atom. The molecule has 0 radical (unpaired) electrons. The van der Waals surface area contributed by atoms with Crippen molar-refractivity contribution in [1.82, 2.24) is 19.3 Å². The SMILES string of the molecule is Cc1[nH]c2c(C(N)=O)ncn2c(=O)c1CCCN1CCC(=C(c2ccccc2)c2ccc(F)cc2)CC1.Cl. The average molecular weight is 536 g/mol. The summed E-state index contributed by atoms with van der Waals surface area (Å²) >= 11 is 0. The van der Waals surface area contributed by atoms with Crippen LogP contribution in [0.2, 0.25) is 0 Å². The number of benzene rings is 2. The van der Waals surface area contributed by atoms with Gasteiger partial charge in [-0.15, -0.1) is 12.4 Å². The monoisotopic (exact) mass is 535 g/mol. The molecule has 1 aliphatic rings. The van der Waals surface area contributed by atoms with Gasteiger partial charge < -0.3 is 15.6 Å². The van der Waals surface area contributed by atoms with Crippen LogP contribution in [0, 0.1) is 12.7 Å². The third-order valence-corrected chi connectivity index (χ3v) is 7.15. The first-order chi connectivity index (χ1) is 17.9. The number of primary amides is 1. The first-order valence-corrected chi connectivity index (χ1v) is 12.6. The van der Waals surface area contributed by atoms with E-state index in [0.29, 0.717) is 17.6 Å². The van der Waals surface area contributed by atoms with Gasteiger partial charge in [-0.05, 0) is 68.0 Å². The molecule has 0 atom stereocenters. The summed E-state index contributed by atoms with van der Waals surface area (Å²) in [6.07, 6.45) is 4.71. The zero-order valence-corrected chi connectivity index (χ0v) is 22.1. The van der Waals surface area contributed by atoms with Gasteiger partial charge in [0.25, 0.3) is 11.5 Å². The fourth-order valence-electron chi connectivity index (χ4n) is 5.23. The molecule has 1 amide bonds. The number of H-pyrrole nitrogens is 1. The molecule has 7 nitrogen and oxygen atoms in total. The molecule has 5 rings (SSSR count). The third kappa shape index (κ3) is 5.56. The minimum absolute atomic E-state index is 0. The summed E-state index contributed by atoms with van der Waals surface area (Å²) in [5, 5.41) is 0. The lowest BCUT2D eigenvalue weighted by Crippen LogP contribution is -2.32. The van der Waals surface area contributed by atoms with Crippen LogP contribution in [0.5, 0.6) is 0 Å². The molecule has 0 saturated carbocycles. The van der Waals surface area contributed by atoms with Crippen LogP contribution in [0.3, 0.4) is 0 Å². The Balaban J connectivity index is 0.00000336. The second-order valence-corrected chi connectivity index (χ2v) is 9.51. The number of nitrogens with zero attached hydrogens (tertiary/aromatic N) is 3. The van der Waals surface area contributed by atoms with Crippen LogP contribution in [0.25, 0.3) is 11.2 Å². The summed E-state index contributed by atoms with van der Waals surface area (Å²) in [4.78, 5) is 34.1. The Hall–Kier alpha value is -3.75. The minimum atomic E-state index is -0.668. The molecule has 198 valence electrons. The largest absolute Gasteiger partial charge is 0.364 e. The zero-order valence-electron chi connectivity index (χ0n) is 21.2. The molecule has 0 bridgehead atoms. The predicted octanol–water partition coefficient (Wildman–Crippen LogP) is 4.52. The van der Waals surface area contributed by atoms with Crippen LogP contribution in [-0.4, -0.2) is 44.8 Å². The van der Waals surface area contributed by atoms with E-state index in [2.05, 4.69) is 27.0 Å². The fourth-order valence-corrected chi connectivity index (χ4v) is 5.23. The van der Waals surface area contributed by atoms with Crippen LogP contribution < -0.4 is 11.3 Å². The van der Waals surface area contributed by atoms with Gasteiger partial charge in [-0.3, -0.25) is 14.0 Å². The molecule has 3 heterocycles. The Morgan fingerprint density at radius 2 is 1.71 bits per heavy atom. The lowest BCUT2D eigenvalue weighted by Gasteiger charge is -2.30. The second kappa shape index (κ2) is 11.8. The number of rotatable bonds is 7. The Labute approximate surface area is 226 Å². The Bertz CT molecular complexity index is 1520. The van der Waals surface area contributed by atoms with Crippen LogP contribution in [-0.2, 0) is 6.42 Å². The summed E-state index contributed by atoms with van der Waals surface area (Å²) in [5.74, 6) is -0.899. The average Bonchev–Trinajstić information content (AvgIpc) is 3.33. The molecule has 0 unspecified atom stereocenters. The zero-order chi connectivity index (χ0) is 25.9. The molecule has 1 aliphatic heterocycles. The van der Waals surface area contributed by atoms with E-state index in [-0.39, 0.29) is 29.5 Å². The molecule has 3 N–H and O–H groups in total. The van der Waals surface area contributed by atoms with E-state index in [1.54, 1.807) is 0 Å². The molecule has 2 aromatic carbocycles. The molecule has 38 heavy (non-hydrogen) atoms. The van der Waals surface area contributed by atoms with Crippen LogP contribution in [0.1, 0.15) is 52.1 Å². The number of carbonyl (C=O) groups is 1. The van der Waals surface area contributed by atoms with E-state index in [1.165, 1.54) is 34.0 Å². The normalized spacial score (nSPS) is 13.9. The Kier molecular flexibility index (Phi) is 8.44. The predicted molar refractivity (Wildman–Crippen MR) is 149 cm³/mol. The van der Waals surface area contributed by atoms with E-state index in [0.717, 1.165) is 55.7 Å². The molecule has 4 aromatic rings. The number of hydrogen-bond donors (Lipinski definition) is 2. The van der Waals surface area contributed by atoms with Gasteiger partial charge in [0.15, 0.2) is 11.3 Å². The van der Waals surface area contributed by atoms with Crippen molar-refractivity contribution in [3.63, 3.8) is 0 Å². The van der Waals surface area contributed by atoms with Crippen LogP contribution in [0.4, 0.5) is 4.39 Å². The lowest BCUT2D eigenvalue weighted by atomic mass is 9.88. The highest BCUT2D eigenvalue weighted by molar-refractivity contribution is 5.96. The number of aromatic nitrogens is 3. The highest BCUT2D eigenvalue weighted by atomic mass is 35.5. The molecule has 0 spiro atoms. The highest BCUT2D eigenvalue weighted by Crippen LogP contribution is 2.32. The first-order valence-electron chi connectivity index (χ1n) is 12.6. The maximum atomic E-state index is 13.6. The summed E-state index contributed by atoms with van der Waals surface area (Å²) < 4.78 is 14.9. The second-order valence-electron chi connectivity index (χ2n) is 9.51. The van der Waals surface area contributed by atoms with Crippen molar-refractivity contribution in [3.8, 4) is 0 Å². The lowest BCUT2D eigenvalue weighted by molar-refractivity contribution is 0.0997. The molecule has 1 fully saturated rings. The van der Waals surface area contributed by atoms with Gasteiger partial charge in [0.1, 0.15) is 12.1 Å². The number of nitrogens with one attached hydrogen (secondary N) is 1. The summed E-state index contributed by atoms with van der Waals surface area (Å²) in [5.41, 5.74) is 11.8. The number of hydrogen-bond acceptors (Lipinski definition) is 4. The van der Waals surface area contributed by atoms with Gasteiger partial charge in [-0.1, -0.05) is 48.0 Å². The van der Waals surface area contributed by atoms with Crippen molar-refractivity contribution in [2.24, 2.45) is 5.73 Å². The van der Waals surface area contributed by atoms with Gasteiger partial charge >= 0.3 is 0 Å². The van der Waals surface area contributed by atoms with Crippen molar-refractivity contribution in [2.75, 3.05) is 19.6 Å². The van der Waals surface area contributed by atoms with Crippen molar-refractivity contribution in [2.45, 2.75) is 32.6 Å². The molecule has 1 saturated heterocycles. The number of halogens is 2. The number of imidazole rings is 1. The number of fused-ring (bicyclic) bond motifs is 1. The third-order valence-electron chi connectivity index (χ3n) is 7.15. The highest BCUT2D eigenvalue weighted by Gasteiger charge is 2.20. The number of carbonyl (C=O) groups excluding carboxylic acids is 1. The fraction of sp³-hybridized carbons (Fsp3) is 0.276. The van der Waals surface area contributed by atoms with Gasteiger partial charge in [0, 0.05) is 24.3 Å². The maximum Gasteiger partial charge on any atom is 0.271 e. The number of likely N-dealkylation sites (tertiary alicyclic amines) is 1. The van der Waals surface area contributed by atoms with Gasteiger partial charge in [-0.25, -0.2) is 9.37 Å². The van der Waals surface area contributed by atoms with E-state index in [9.17, 15) is 14.0 Å². The number of aryl methyl sites for hydroxylation is 1. The molecular formula is C29H31ClFN5O2. The molecule has 9 heteroatoms. The molecular weight excluding hydrogens is 505 g/mol. The summed E-state index contributed by atoms with van der Waals surface area (Å²) in [7, 11) is 0. The standard InChI is InChI=1S/C29H30FN5O2.ClH/c1-19-24(29(37)35-18-32-26(27(31)36)28(35)33-19)8-5-15-34-16-13-22(14-17-34)25(20-6-3-2-4-7-20)21-9-11-23(30)12-10-21;/h2-4,6-7,9-12,18,33H,5,8,13-17H2,1H3,(H2,31,36);1H. The number of aromatic amines is 1. The molecule has 0 aliphatic carbocycles. The quantitative estimate of drug-likeness (QED) is 0.363. The first kappa shape index (κ1) is 27.3. The van der Waals surface area contributed by atoms with Crippen molar-refractivity contribution in [1.29, 1.82) is 0 Å². The van der Waals surface area contributed by atoms with E-state index >= 15 is 0 Å². The van der Waals surface area contributed by atoms with Gasteiger partial charge in [0.05, 0.1) is 0 Å². The van der Waals surface area contributed by atoms with Crippen molar-refractivity contribution >= 4 is 29.5 Å². The molecule has 2 aromatic heterocycles. The van der Waals surface area contributed by atoms with Crippen molar-refractivity contribution in [3.05, 3.63) is 111 Å². The number of nitrogens with two attached hydrogens (primary N) is 1. The van der Waals surface area contributed by atoms with Gasteiger partial charge in [0.2, 0.25) is 0 Å². The maximum absolute atomic E-state index is 13.6. The minimum Gasteiger partial charge on any atom is -0.364 e. The van der Waals surface area contributed by atoms with Gasteiger partial charge in [-0.2, -0.15) is 0 Å². The Morgan fingerprint density at radius 3 is 2.37 bits per heavy atom. The van der Waals surface area contributed by atoms with E-state index in [4.69, 9.17) is 5.73 Å². The van der Waals surface area contributed by atoms with E-state index in [1.807, 2.05) is 37.3 Å². The summed E-state index contributed by atoms with van der Waals surface area (Å²) in [6, 6.07) is 17.1. The number of piperidine rings is 1. The van der Waals surface area contributed by atoms with Crippen LogP contribution in [0.15, 0.2) is 71.3 Å². The number of amides is 1. The van der Waals surface area contributed by atoms with Crippen LogP contribution >= 0.6 is 12.4 Å². The smallest absolute Gasteiger partial charge is 0.271 e. The summed E-state index contributed by atoms with van der Waals surface area (Å²) in [6.45, 7) is 4.60. The van der Waals surface area contributed by atoms with Crippen molar-refractivity contribution < 1.29 is 9.18 Å². The topological polar surface area (TPSA) is 96.5 Å².